The minimum Gasteiger partial charge on any atom is -0.491 e. The third kappa shape index (κ3) is 11.7. The Balaban J connectivity index is 0.730. The normalized spacial score (nSPS) is 17.9. The predicted octanol–water partition coefficient (Wildman–Crippen LogP) is 8.49. The van der Waals surface area contributed by atoms with Gasteiger partial charge >= 0.3 is 10.2 Å². The van der Waals surface area contributed by atoms with E-state index in [1.165, 1.54) is 22.4 Å². The molecule has 6 heterocycles. The van der Waals surface area contributed by atoms with Crippen molar-refractivity contribution in [1.29, 1.82) is 0 Å². The van der Waals surface area contributed by atoms with Crippen LogP contribution in [0.25, 0.3) is 32.6 Å². The number of aromatic amines is 1. The van der Waals surface area contributed by atoms with Crippen LogP contribution in [0.3, 0.4) is 0 Å². The van der Waals surface area contributed by atoms with E-state index in [0.717, 1.165) is 43.7 Å². The number of H-pyrrole nitrogens is 1. The molecule has 2 amide bonds. The van der Waals surface area contributed by atoms with Gasteiger partial charge in [-0.05, 0) is 90.4 Å². The van der Waals surface area contributed by atoms with Crippen LogP contribution in [0.5, 0.6) is 11.5 Å². The number of β-amino-alcohol motifs (C(OH)–C–C–N with tert-alkyl or cyclic N) is 1. The number of alkyl halides is 1. The van der Waals surface area contributed by atoms with E-state index in [-0.39, 0.29) is 98.9 Å². The summed E-state index contributed by atoms with van der Waals surface area (Å²) >= 11 is 1.50. The molecule has 2 fully saturated rings. The van der Waals surface area contributed by atoms with Crippen molar-refractivity contribution in [3.63, 3.8) is 0 Å². The van der Waals surface area contributed by atoms with Crippen LogP contribution in [0.2, 0.25) is 0 Å². The molecule has 7 aromatic rings. The van der Waals surface area contributed by atoms with Crippen LogP contribution in [0.15, 0.2) is 103 Å². The van der Waals surface area contributed by atoms with Crippen molar-refractivity contribution in [1.82, 2.24) is 29.1 Å². The van der Waals surface area contributed by atoms with E-state index < -0.39 is 69.8 Å². The second-order valence-corrected chi connectivity index (χ2v) is 22.9. The van der Waals surface area contributed by atoms with Gasteiger partial charge in [0, 0.05) is 73.5 Å². The molecule has 2 saturated heterocycles. The Hall–Kier alpha value is -7.50. The summed E-state index contributed by atoms with van der Waals surface area (Å²) in [6, 6.07) is 21.8. The highest BCUT2D eigenvalue weighted by Gasteiger charge is 2.46. The topological polar surface area (TPSA) is 214 Å². The minimum absolute atomic E-state index is 0.000206. The molecule has 0 unspecified atom stereocenters. The maximum Gasteiger partial charge on any atom is 0.301 e. The van der Waals surface area contributed by atoms with Crippen molar-refractivity contribution in [2.45, 2.75) is 77.4 Å². The van der Waals surface area contributed by atoms with Crippen LogP contribution in [0, 0.1) is 24.5 Å². The number of aryl methyl sites for hydroxylation is 2. The number of aliphatic hydroxyl groups excluding tert-OH is 1. The number of nitrogens with one attached hydrogen (secondary N) is 2. The summed E-state index contributed by atoms with van der Waals surface area (Å²) in [4.78, 5) is 71.3. The second-order valence-electron chi connectivity index (χ2n) is 20.4. The van der Waals surface area contributed by atoms with E-state index in [4.69, 9.17) is 14.2 Å². The minimum atomic E-state index is -4.39. The maximum absolute atomic E-state index is 15.8. The van der Waals surface area contributed by atoms with Gasteiger partial charge in [0.25, 0.3) is 5.91 Å². The van der Waals surface area contributed by atoms with E-state index in [1.54, 1.807) is 59.1 Å². The summed E-state index contributed by atoms with van der Waals surface area (Å²) in [5, 5.41) is 11.1. The number of hydrogen-bond acceptors (Lipinski definition) is 13. The molecule has 0 radical (unpaired) electrons. The van der Waals surface area contributed by atoms with Crippen molar-refractivity contribution in [2.75, 3.05) is 50.8 Å². The third-order valence-corrected chi connectivity index (χ3v) is 17.1. The van der Waals surface area contributed by atoms with Crippen LogP contribution in [-0.4, -0.2) is 136 Å². The zero-order chi connectivity index (χ0) is 56.4. The lowest BCUT2D eigenvalue weighted by Crippen LogP contribution is -2.54. The van der Waals surface area contributed by atoms with Gasteiger partial charge in [-0.15, -0.1) is 11.3 Å². The molecule has 0 bridgehead atoms. The SMILES string of the molecule is Cc1ncsc1-c1ccc(CCC(=O)[C@@H]2C[C@@H](O)CN2C(=O)[C@H](C(C)C)N2Cc3ccccc3C2=O)c(OCCOCCOc2ccc(-c3cnc4[nH]cc(C(=O)c5c(F)ccc(NS(=O)(=O)N6CC[C@@H](F)C6)c5F)c4c3)cc2)c1. The van der Waals surface area contributed by atoms with Crippen LogP contribution in [0.1, 0.15) is 76.2 Å². The standard InChI is InChI=1S/C58H58F3N7O10S2/c1-33(2)53(68-29-38-6-4-5-7-43(38)57(68)72)58(73)67-31-41(69)26-48(67)49(70)17-12-36-8-9-37(55-34(3)64-32-79-55)25-50(36)78-23-21-76-20-22-77-42-13-10-35(11-14-42)39-24-44-45(28-63-56(44)62-27-39)54(71)51-46(60)15-16-47(52(51)61)65-80(74,75)66-19-18-40(59)30-66/h4-11,13-16,24-25,27-28,32-33,40-41,48,53,65,69H,12,17-23,26,29-31H2,1-3H3,(H,62,63)/t40-,41-,48+,53+/m1/s1. The smallest absolute Gasteiger partial charge is 0.301 e. The zero-order valence-electron chi connectivity index (χ0n) is 44.0. The highest BCUT2D eigenvalue weighted by Crippen LogP contribution is 2.36. The molecule has 3 aliphatic heterocycles. The molecule has 3 N–H and O–H groups in total. The average Bonchev–Trinajstić information content (AvgIpc) is 4.40. The molecule has 0 aliphatic carbocycles. The van der Waals surface area contributed by atoms with E-state index in [9.17, 15) is 37.1 Å². The molecule has 10 rings (SSSR count). The summed E-state index contributed by atoms with van der Waals surface area (Å²) in [5.74, 6) is -3.59. The number of fused-ring (bicyclic) bond motifs is 2. The van der Waals surface area contributed by atoms with E-state index in [2.05, 4.69) is 15.0 Å². The van der Waals surface area contributed by atoms with Gasteiger partial charge in [-0.25, -0.2) is 23.1 Å². The van der Waals surface area contributed by atoms with Crippen molar-refractivity contribution in [2.24, 2.45) is 5.92 Å². The van der Waals surface area contributed by atoms with Gasteiger partial charge < -0.3 is 34.1 Å². The number of thiazole rings is 1. The maximum atomic E-state index is 15.8. The first-order valence-electron chi connectivity index (χ1n) is 26.2. The summed E-state index contributed by atoms with van der Waals surface area (Å²) in [5.41, 5.74) is 5.53. The first-order valence-corrected chi connectivity index (χ1v) is 28.6. The number of Topliss-reactive ketones (excluding diaryl/α,β-unsaturated/α-hetero) is 1. The lowest BCUT2D eigenvalue weighted by Gasteiger charge is -2.35. The molecule has 17 nitrogen and oxygen atoms in total. The van der Waals surface area contributed by atoms with E-state index >= 15 is 8.78 Å². The quantitative estimate of drug-likeness (QED) is 0.0431. The number of aliphatic hydroxyl groups is 1. The van der Waals surface area contributed by atoms with Crippen molar-refractivity contribution in [3.05, 3.63) is 148 Å². The molecule has 80 heavy (non-hydrogen) atoms. The molecule has 3 aromatic heterocycles. The summed E-state index contributed by atoms with van der Waals surface area (Å²) in [6.07, 6.45) is 1.06. The Morgan fingerprint density at radius 3 is 2.41 bits per heavy atom. The summed E-state index contributed by atoms with van der Waals surface area (Å²) in [7, 11) is -4.39. The molecular weight excluding hydrogens is 1080 g/mol. The van der Waals surface area contributed by atoms with Crippen molar-refractivity contribution >= 4 is 61.6 Å². The van der Waals surface area contributed by atoms with Gasteiger partial charge in [0.05, 0.1) is 52.7 Å². The Morgan fingerprint density at radius 1 is 0.925 bits per heavy atom. The van der Waals surface area contributed by atoms with Crippen LogP contribution in [-0.2, 0) is 37.5 Å². The number of carbonyl (C=O) groups excluding carboxylic acids is 4. The van der Waals surface area contributed by atoms with Gasteiger partial charge in [-0.2, -0.15) is 12.7 Å². The fraction of sp³-hybridized carbons (Fsp3) is 0.345. The Morgan fingerprint density at radius 2 is 1.69 bits per heavy atom. The molecule has 0 saturated carbocycles. The van der Waals surface area contributed by atoms with Crippen molar-refractivity contribution in [3.8, 4) is 33.1 Å². The number of benzene rings is 4. The number of nitrogens with zero attached hydrogens (tertiary/aromatic N) is 5. The lowest BCUT2D eigenvalue weighted by atomic mass is 9.97. The Labute approximate surface area is 463 Å². The number of carbonyl (C=O) groups is 4. The van der Waals surface area contributed by atoms with Gasteiger partial charge in [0.15, 0.2) is 11.6 Å². The highest BCUT2D eigenvalue weighted by molar-refractivity contribution is 7.90. The summed E-state index contributed by atoms with van der Waals surface area (Å²) < 4.78 is 91.4. The fourth-order valence-corrected chi connectivity index (χ4v) is 12.6. The number of aromatic nitrogens is 3. The van der Waals surface area contributed by atoms with Crippen LogP contribution in [0.4, 0.5) is 18.9 Å². The first kappa shape index (κ1) is 55.8. The molecular formula is C58H58F3N7O10S2. The Kier molecular flexibility index (Phi) is 16.5. The van der Waals surface area contributed by atoms with Crippen LogP contribution >= 0.6 is 11.3 Å². The van der Waals surface area contributed by atoms with Gasteiger partial charge in [0.1, 0.15) is 48.4 Å². The van der Waals surface area contributed by atoms with Gasteiger partial charge in [-0.1, -0.05) is 56.3 Å². The Bertz CT molecular complexity index is 3600. The number of halogens is 3. The highest BCUT2D eigenvalue weighted by atomic mass is 32.2. The first-order chi connectivity index (χ1) is 38.4. The number of amides is 2. The van der Waals surface area contributed by atoms with Gasteiger partial charge in [0.2, 0.25) is 11.7 Å². The molecule has 418 valence electrons. The number of ether oxygens (including phenoxy) is 3. The largest absolute Gasteiger partial charge is 0.491 e. The second kappa shape index (κ2) is 23.7. The number of likely N-dealkylation sites (tertiary alicyclic amines) is 1. The monoisotopic (exact) mass is 1130 g/mol. The summed E-state index contributed by atoms with van der Waals surface area (Å²) in [6.45, 7) is 6.28. The number of ketones is 2. The van der Waals surface area contributed by atoms with Crippen molar-refractivity contribution < 1.29 is 60.1 Å². The number of pyridine rings is 1. The number of rotatable bonds is 22. The van der Waals surface area contributed by atoms with Gasteiger partial charge in [-0.3, -0.25) is 23.9 Å². The fourth-order valence-electron chi connectivity index (χ4n) is 10.6. The number of hydrogen-bond donors (Lipinski definition) is 3. The molecule has 3 aliphatic rings. The molecule has 0 spiro atoms. The zero-order valence-corrected chi connectivity index (χ0v) is 45.6. The average molecular weight is 1130 g/mol. The van der Waals surface area contributed by atoms with Crippen LogP contribution < -0.4 is 14.2 Å². The predicted molar refractivity (Wildman–Crippen MR) is 293 cm³/mol. The molecule has 22 heteroatoms. The number of anilines is 1. The van der Waals surface area contributed by atoms with E-state index in [0.29, 0.717) is 41.2 Å². The molecule has 4 aromatic carbocycles. The lowest BCUT2D eigenvalue weighted by molar-refractivity contribution is -0.142. The van der Waals surface area contributed by atoms with E-state index in [1.807, 2.05) is 55.8 Å². The third-order valence-electron chi connectivity index (χ3n) is 14.7. The molecule has 4 atom stereocenters.